The van der Waals surface area contributed by atoms with Gasteiger partial charge in [0, 0.05) is 26.2 Å². The number of nitro benzene ring substituents is 1. The third-order valence-electron chi connectivity index (χ3n) is 3.06. The minimum absolute atomic E-state index is 0.0491. The second kappa shape index (κ2) is 6.29. The molecule has 8 heteroatoms. The Balaban J connectivity index is 1.99. The highest BCUT2D eigenvalue weighted by Crippen LogP contribution is 2.24. The molecule has 1 aliphatic rings. The molecule has 0 atom stereocenters. The molecule has 1 aromatic rings. The topological polar surface area (TPSA) is 87.5 Å². The molecule has 0 aliphatic carbocycles. The molecule has 1 aliphatic heterocycles. The lowest BCUT2D eigenvalue weighted by atomic mass is 10.2. The third kappa shape index (κ3) is 3.41. The number of nitrogens with one attached hydrogen (secondary N) is 2. The first-order valence-electron chi connectivity index (χ1n) is 6.24. The van der Waals surface area contributed by atoms with Crippen molar-refractivity contribution in [1.29, 1.82) is 0 Å². The summed E-state index contributed by atoms with van der Waals surface area (Å²) in [5.74, 6) is -0.819. The molecule has 1 amide bonds. The van der Waals surface area contributed by atoms with E-state index in [1.165, 1.54) is 6.07 Å². The average molecular weight is 282 g/mol. The zero-order valence-electron chi connectivity index (χ0n) is 10.8. The SMILES string of the molecule is O=C(CNc1ccc(F)cc1[N+](=O)[O-])N1CCNCC1. The summed E-state index contributed by atoms with van der Waals surface area (Å²) in [6.07, 6.45) is 0. The molecule has 108 valence electrons. The molecule has 0 unspecified atom stereocenters. The van der Waals surface area contributed by atoms with Gasteiger partial charge >= 0.3 is 0 Å². The number of carbonyl (C=O) groups is 1. The minimum atomic E-state index is -0.685. The molecule has 2 N–H and O–H groups in total. The molecule has 0 bridgehead atoms. The van der Waals surface area contributed by atoms with Crippen LogP contribution in [0.1, 0.15) is 0 Å². The van der Waals surface area contributed by atoms with Crippen molar-refractivity contribution in [2.45, 2.75) is 0 Å². The summed E-state index contributed by atoms with van der Waals surface area (Å²) in [5.41, 5.74) is -0.238. The van der Waals surface area contributed by atoms with Crippen LogP contribution in [0, 0.1) is 15.9 Å². The number of rotatable bonds is 4. The van der Waals surface area contributed by atoms with Crippen molar-refractivity contribution in [3.8, 4) is 0 Å². The fourth-order valence-corrected chi connectivity index (χ4v) is 2.00. The first-order valence-corrected chi connectivity index (χ1v) is 6.24. The predicted molar refractivity (Wildman–Crippen MR) is 71.0 cm³/mol. The van der Waals surface area contributed by atoms with Gasteiger partial charge in [-0.1, -0.05) is 0 Å². The van der Waals surface area contributed by atoms with E-state index in [9.17, 15) is 19.3 Å². The fourth-order valence-electron chi connectivity index (χ4n) is 2.00. The average Bonchev–Trinajstić information content (AvgIpc) is 2.46. The van der Waals surface area contributed by atoms with Crippen molar-refractivity contribution in [1.82, 2.24) is 10.2 Å². The number of hydrogen-bond donors (Lipinski definition) is 2. The van der Waals surface area contributed by atoms with Crippen LogP contribution in [-0.4, -0.2) is 48.5 Å². The maximum absolute atomic E-state index is 13.0. The smallest absolute Gasteiger partial charge is 0.295 e. The number of nitro groups is 1. The van der Waals surface area contributed by atoms with Gasteiger partial charge in [-0.3, -0.25) is 14.9 Å². The second-order valence-electron chi connectivity index (χ2n) is 4.40. The van der Waals surface area contributed by atoms with Crippen LogP contribution in [0.15, 0.2) is 18.2 Å². The van der Waals surface area contributed by atoms with Crippen LogP contribution in [0.3, 0.4) is 0 Å². The summed E-state index contributed by atoms with van der Waals surface area (Å²) >= 11 is 0. The second-order valence-corrected chi connectivity index (χ2v) is 4.40. The molecule has 0 aromatic heterocycles. The molecule has 2 rings (SSSR count). The highest BCUT2D eigenvalue weighted by molar-refractivity contribution is 5.82. The van der Waals surface area contributed by atoms with Gasteiger partial charge in [0.2, 0.25) is 5.91 Å². The Labute approximate surface area is 114 Å². The molecule has 1 fully saturated rings. The van der Waals surface area contributed by atoms with Gasteiger partial charge in [0.05, 0.1) is 17.5 Å². The molecular formula is C12H15FN4O3. The molecule has 1 aromatic carbocycles. The van der Waals surface area contributed by atoms with Crippen LogP contribution in [0.2, 0.25) is 0 Å². The molecule has 0 saturated carbocycles. The Morgan fingerprint density at radius 1 is 1.45 bits per heavy atom. The largest absolute Gasteiger partial charge is 0.371 e. The van der Waals surface area contributed by atoms with Gasteiger partial charge in [-0.2, -0.15) is 0 Å². The summed E-state index contributed by atoms with van der Waals surface area (Å²) in [7, 11) is 0. The van der Waals surface area contributed by atoms with E-state index in [0.29, 0.717) is 13.1 Å². The maximum Gasteiger partial charge on any atom is 0.295 e. The zero-order chi connectivity index (χ0) is 14.5. The standard InChI is InChI=1S/C12H15FN4O3/c13-9-1-2-10(11(7-9)17(19)20)15-8-12(18)16-5-3-14-4-6-16/h1-2,7,14-15H,3-6,8H2. The van der Waals surface area contributed by atoms with Crippen molar-refractivity contribution < 1.29 is 14.1 Å². The van der Waals surface area contributed by atoms with Gasteiger partial charge in [-0.25, -0.2) is 4.39 Å². The number of amides is 1. The molecule has 7 nitrogen and oxygen atoms in total. The van der Waals surface area contributed by atoms with E-state index >= 15 is 0 Å². The van der Waals surface area contributed by atoms with Crippen LogP contribution in [0.25, 0.3) is 0 Å². The lowest BCUT2D eigenvalue weighted by molar-refractivity contribution is -0.384. The molecular weight excluding hydrogens is 267 g/mol. The summed E-state index contributed by atoms with van der Waals surface area (Å²) in [5, 5.41) is 16.6. The summed E-state index contributed by atoms with van der Waals surface area (Å²) in [6.45, 7) is 2.66. The maximum atomic E-state index is 13.0. The van der Waals surface area contributed by atoms with Crippen molar-refractivity contribution in [3.63, 3.8) is 0 Å². The Hall–Kier alpha value is -2.22. The van der Waals surface area contributed by atoms with Gasteiger partial charge < -0.3 is 15.5 Å². The summed E-state index contributed by atoms with van der Waals surface area (Å²) in [6, 6.07) is 3.21. The Morgan fingerprint density at radius 3 is 2.80 bits per heavy atom. The molecule has 1 saturated heterocycles. The van der Waals surface area contributed by atoms with E-state index < -0.39 is 10.7 Å². The third-order valence-corrected chi connectivity index (χ3v) is 3.06. The number of hydrogen-bond acceptors (Lipinski definition) is 5. The minimum Gasteiger partial charge on any atom is -0.371 e. The van der Waals surface area contributed by atoms with Crippen molar-refractivity contribution in [2.24, 2.45) is 0 Å². The van der Waals surface area contributed by atoms with Crippen molar-refractivity contribution >= 4 is 17.3 Å². The normalized spacial score (nSPS) is 14.9. The molecule has 0 radical (unpaired) electrons. The van der Waals surface area contributed by atoms with Crippen LogP contribution >= 0.6 is 0 Å². The number of piperazine rings is 1. The van der Waals surface area contributed by atoms with E-state index in [-0.39, 0.29) is 23.8 Å². The van der Waals surface area contributed by atoms with Gasteiger partial charge in [0.15, 0.2) is 0 Å². The molecule has 1 heterocycles. The van der Waals surface area contributed by atoms with E-state index in [0.717, 1.165) is 25.2 Å². The van der Waals surface area contributed by atoms with Crippen LogP contribution in [0.5, 0.6) is 0 Å². The van der Waals surface area contributed by atoms with E-state index in [4.69, 9.17) is 0 Å². The first-order chi connectivity index (χ1) is 9.58. The lowest BCUT2D eigenvalue weighted by Crippen LogP contribution is -2.48. The summed E-state index contributed by atoms with van der Waals surface area (Å²) < 4.78 is 13.0. The number of nitrogens with zero attached hydrogens (tertiary/aromatic N) is 2. The quantitative estimate of drug-likeness (QED) is 0.623. The van der Waals surface area contributed by atoms with Crippen molar-refractivity contribution in [2.75, 3.05) is 38.0 Å². The van der Waals surface area contributed by atoms with Crippen LogP contribution in [-0.2, 0) is 4.79 Å². The van der Waals surface area contributed by atoms with Crippen LogP contribution in [0.4, 0.5) is 15.8 Å². The Morgan fingerprint density at radius 2 is 2.15 bits per heavy atom. The van der Waals surface area contributed by atoms with Gasteiger partial charge in [-0.05, 0) is 12.1 Å². The Kier molecular flexibility index (Phi) is 4.46. The van der Waals surface area contributed by atoms with Gasteiger partial charge in [0.25, 0.3) is 5.69 Å². The fraction of sp³-hybridized carbons (Fsp3) is 0.417. The van der Waals surface area contributed by atoms with Crippen LogP contribution < -0.4 is 10.6 Å². The highest BCUT2D eigenvalue weighted by atomic mass is 19.1. The zero-order valence-corrected chi connectivity index (χ0v) is 10.8. The first kappa shape index (κ1) is 14.2. The van der Waals surface area contributed by atoms with Gasteiger partial charge in [-0.15, -0.1) is 0 Å². The summed E-state index contributed by atoms with van der Waals surface area (Å²) in [4.78, 5) is 23.7. The number of benzene rings is 1. The predicted octanol–water partition coefficient (Wildman–Crippen LogP) is 0.578. The monoisotopic (exact) mass is 282 g/mol. The number of anilines is 1. The van der Waals surface area contributed by atoms with Gasteiger partial charge in [0.1, 0.15) is 11.5 Å². The van der Waals surface area contributed by atoms with Crippen molar-refractivity contribution in [3.05, 3.63) is 34.1 Å². The highest BCUT2D eigenvalue weighted by Gasteiger charge is 2.19. The van der Waals surface area contributed by atoms with E-state index in [1.54, 1.807) is 4.90 Å². The Bertz CT molecular complexity index is 517. The van der Waals surface area contributed by atoms with E-state index in [1.807, 2.05) is 0 Å². The molecule has 20 heavy (non-hydrogen) atoms. The lowest BCUT2D eigenvalue weighted by Gasteiger charge is -2.27. The molecule has 0 spiro atoms. The number of carbonyl (C=O) groups excluding carboxylic acids is 1. The van der Waals surface area contributed by atoms with E-state index in [2.05, 4.69) is 10.6 Å². The number of halogens is 1.